The van der Waals surface area contributed by atoms with E-state index >= 15 is 0 Å². The summed E-state index contributed by atoms with van der Waals surface area (Å²) in [6, 6.07) is 13.9. The van der Waals surface area contributed by atoms with E-state index in [4.69, 9.17) is 14.7 Å². The van der Waals surface area contributed by atoms with Crippen LogP contribution >= 0.6 is 0 Å². The van der Waals surface area contributed by atoms with Gasteiger partial charge in [-0.3, -0.25) is 14.9 Å². The Kier molecular flexibility index (Phi) is 6.56. The number of methoxy groups -OCH3 is 1. The van der Waals surface area contributed by atoms with Crippen LogP contribution in [0.5, 0.6) is 11.5 Å². The quantitative estimate of drug-likeness (QED) is 0.552. The summed E-state index contributed by atoms with van der Waals surface area (Å²) in [4.78, 5) is 27.5. The van der Waals surface area contributed by atoms with Crippen molar-refractivity contribution in [2.45, 2.75) is 26.0 Å². The van der Waals surface area contributed by atoms with Crippen LogP contribution in [-0.2, 0) is 11.4 Å². The molecule has 8 heteroatoms. The van der Waals surface area contributed by atoms with Crippen LogP contribution in [0.2, 0.25) is 0 Å². The molecule has 0 radical (unpaired) electrons. The molecule has 8 nitrogen and oxygen atoms in total. The zero-order chi connectivity index (χ0) is 20.8. The number of ether oxygens (including phenoxy) is 2. The van der Waals surface area contributed by atoms with E-state index in [9.17, 15) is 9.59 Å². The lowest BCUT2D eigenvalue weighted by Crippen LogP contribution is -2.56. The maximum atomic E-state index is 12.8. The number of benzene rings is 2. The minimum absolute atomic E-state index is 0.265. The van der Waals surface area contributed by atoms with Crippen molar-refractivity contribution in [3.05, 3.63) is 54.1 Å². The van der Waals surface area contributed by atoms with Crippen LogP contribution < -0.4 is 19.9 Å². The van der Waals surface area contributed by atoms with Gasteiger partial charge in [-0.25, -0.2) is 10.3 Å². The zero-order valence-corrected chi connectivity index (χ0v) is 16.5. The van der Waals surface area contributed by atoms with Gasteiger partial charge in [0.2, 0.25) is 0 Å². The van der Waals surface area contributed by atoms with Gasteiger partial charge in [0.1, 0.15) is 24.1 Å². The van der Waals surface area contributed by atoms with Gasteiger partial charge < -0.3 is 14.4 Å². The average molecular weight is 399 g/mol. The van der Waals surface area contributed by atoms with Crippen LogP contribution in [0.1, 0.15) is 18.9 Å². The minimum Gasteiger partial charge on any atom is -0.497 e. The predicted molar refractivity (Wildman–Crippen MR) is 107 cm³/mol. The molecule has 3 rings (SSSR count). The molecular weight excluding hydrogens is 374 g/mol. The van der Waals surface area contributed by atoms with Gasteiger partial charge in [0.05, 0.1) is 7.11 Å². The summed E-state index contributed by atoms with van der Waals surface area (Å²) in [5.74, 6) is 0.880. The highest BCUT2D eigenvalue weighted by Gasteiger charge is 2.33. The van der Waals surface area contributed by atoms with Gasteiger partial charge in [0.15, 0.2) is 0 Å². The van der Waals surface area contributed by atoms with E-state index < -0.39 is 11.9 Å². The van der Waals surface area contributed by atoms with Gasteiger partial charge in [-0.2, -0.15) is 0 Å². The lowest BCUT2D eigenvalue weighted by Gasteiger charge is -2.38. The Hall–Kier alpha value is -3.26. The number of nitrogens with zero attached hydrogens (tertiary/aromatic N) is 2. The topological polar surface area (TPSA) is 91.3 Å². The lowest BCUT2D eigenvalue weighted by molar-refractivity contribution is -0.133. The fourth-order valence-corrected chi connectivity index (χ4v) is 3.19. The van der Waals surface area contributed by atoms with Crippen LogP contribution in [0.25, 0.3) is 0 Å². The third-order valence-corrected chi connectivity index (χ3v) is 4.93. The summed E-state index contributed by atoms with van der Waals surface area (Å²) in [5.41, 5.74) is 3.35. The molecule has 2 N–H and O–H groups in total. The number of rotatable bonds is 7. The number of carbonyl (C=O) groups is 2. The summed E-state index contributed by atoms with van der Waals surface area (Å²) in [6.45, 7) is 3.04. The molecule has 3 amide bonds. The molecule has 0 aromatic heterocycles. The summed E-state index contributed by atoms with van der Waals surface area (Å²) in [7, 11) is 1.63. The third-order valence-electron chi connectivity index (χ3n) is 4.93. The molecule has 2 aromatic carbocycles. The van der Waals surface area contributed by atoms with Gasteiger partial charge >= 0.3 is 6.03 Å². The molecule has 0 aliphatic carbocycles. The van der Waals surface area contributed by atoms with E-state index in [1.807, 2.05) is 48.5 Å². The second kappa shape index (κ2) is 9.29. The summed E-state index contributed by atoms with van der Waals surface area (Å²) < 4.78 is 10.9. The molecule has 1 fully saturated rings. The van der Waals surface area contributed by atoms with Crippen LogP contribution in [-0.4, -0.2) is 48.3 Å². The first-order chi connectivity index (χ1) is 14.0. The Bertz CT molecular complexity index is 838. The molecule has 0 saturated carbocycles. The number of urea groups is 1. The van der Waals surface area contributed by atoms with E-state index in [1.165, 1.54) is 4.90 Å². The number of amides is 3. The van der Waals surface area contributed by atoms with Gasteiger partial charge in [0.25, 0.3) is 5.91 Å². The number of hydrogen-bond donors (Lipinski definition) is 2. The molecule has 1 heterocycles. The molecule has 1 atom stereocenters. The van der Waals surface area contributed by atoms with Crippen molar-refractivity contribution in [1.82, 2.24) is 10.4 Å². The van der Waals surface area contributed by atoms with Crippen molar-refractivity contribution in [3.63, 3.8) is 0 Å². The normalized spacial score (nSPS) is 15.1. The van der Waals surface area contributed by atoms with Gasteiger partial charge in [0, 0.05) is 18.8 Å². The average Bonchev–Trinajstić information content (AvgIpc) is 2.77. The number of carbonyl (C=O) groups excluding carboxylic acids is 2. The molecule has 0 bridgehead atoms. The maximum absolute atomic E-state index is 12.8. The summed E-state index contributed by atoms with van der Waals surface area (Å²) in [5, 5.41) is 8.82. The molecule has 0 spiro atoms. The molecule has 29 heavy (non-hydrogen) atoms. The van der Waals surface area contributed by atoms with Crippen molar-refractivity contribution < 1.29 is 24.3 Å². The van der Waals surface area contributed by atoms with Crippen LogP contribution in [0.3, 0.4) is 0 Å². The first-order valence-corrected chi connectivity index (χ1v) is 9.41. The van der Waals surface area contributed by atoms with Gasteiger partial charge in [-0.05, 0) is 55.3 Å². The molecule has 1 aliphatic heterocycles. The minimum atomic E-state index is -0.748. The standard InChI is InChI=1S/C21H25N3O5/c1-15(20(25)22-27)23-12-3-13-24(21(23)26)17-6-10-19(11-7-17)29-14-16-4-8-18(28-2)9-5-16/h4-11,15,27H,3,12-14H2,1-2H3,(H,22,25). The van der Waals surface area contributed by atoms with Crippen molar-refractivity contribution in [2.24, 2.45) is 0 Å². The van der Waals surface area contributed by atoms with E-state index in [-0.39, 0.29) is 6.03 Å². The Labute approximate surface area is 169 Å². The van der Waals surface area contributed by atoms with Crippen LogP contribution in [0.15, 0.2) is 48.5 Å². The summed E-state index contributed by atoms with van der Waals surface area (Å²) >= 11 is 0. The Morgan fingerprint density at radius 3 is 2.38 bits per heavy atom. The predicted octanol–water partition coefficient (Wildman–Crippen LogP) is 2.80. The highest BCUT2D eigenvalue weighted by molar-refractivity contribution is 5.96. The number of nitrogens with one attached hydrogen (secondary N) is 1. The molecule has 1 aliphatic rings. The molecule has 2 aromatic rings. The van der Waals surface area contributed by atoms with Crippen molar-refractivity contribution in [3.8, 4) is 11.5 Å². The van der Waals surface area contributed by atoms with Crippen molar-refractivity contribution in [1.29, 1.82) is 0 Å². The Balaban J connectivity index is 1.62. The second-order valence-electron chi connectivity index (χ2n) is 6.76. The third kappa shape index (κ3) is 4.78. The molecular formula is C21H25N3O5. The van der Waals surface area contributed by atoms with Crippen LogP contribution in [0.4, 0.5) is 10.5 Å². The molecule has 154 valence electrons. The highest BCUT2D eigenvalue weighted by atomic mass is 16.5. The first kappa shape index (κ1) is 20.5. The van der Waals surface area contributed by atoms with E-state index in [2.05, 4.69) is 0 Å². The van der Waals surface area contributed by atoms with Gasteiger partial charge in [-0.1, -0.05) is 12.1 Å². The Morgan fingerprint density at radius 1 is 1.10 bits per heavy atom. The Morgan fingerprint density at radius 2 is 1.76 bits per heavy atom. The molecule has 1 unspecified atom stereocenters. The van der Waals surface area contributed by atoms with Crippen molar-refractivity contribution >= 4 is 17.6 Å². The molecule has 1 saturated heterocycles. The number of anilines is 1. The van der Waals surface area contributed by atoms with Crippen LogP contribution in [0, 0.1) is 0 Å². The van der Waals surface area contributed by atoms with E-state index in [1.54, 1.807) is 24.4 Å². The lowest BCUT2D eigenvalue weighted by atomic mass is 10.2. The largest absolute Gasteiger partial charge is 0.497 e. The number of hydrogen-bond acceptors (Lipinski definition) is 5. The SMILES string of the molecule is COc1ccc(COc2ccc(N3CCCN(C(C)C(=O)NO)C3=O)cc2)cc1. The second-order valence-corrected chi connectivity index (χ2v) is 6.76. The highest BCUT2D eigenvalue weighted by Crippen LogP contribution is 2.25. The number of hydroxylamine groups is 1. The smallest absolute Gasteiger partial charge is 0.325 e. The van der Waals surface area contributed by atoms with Crippen molar-refractivity contribution in [2.75, 3.05) is 25.1 Å². The fourth-order valence-electron chi connectivity index (χ4n) is 3.19. The zero-order valence-electron chi connectivity index (χ0n) is 16.5. The first-order valence-electron chi connectivity index (χ1n) is 9.41. The van der Waals surface area contributed by atoms with Gasteiger partial charge in [-0.15, -0.1) is 0 Å². The van der Waals surface area contributed by atoms with E-state index in [0.717, 1.165) is 23.4 Å². The summed E-state index contributed by atoms with van der Waals surface area (Å²) in [6.07, 6.45) is 0.727. The maximum Gasteiger partial charge on any atom is 0.325 e. The fraction of sp³-hybridized carbons (Fsp3) is 0.333. The van der Waals surface area contributed by atoms with E-state index in [0.29, 0.717) is 25.4 Å². The monoisotopic (exact) mass is 399 g/mol.